The lowest BCUT2D eigenvalue weighted by Gasteiger charge is -2.16. The number of rotatable bonds is 2. The van der Waals surface area contributed by atoms with E-state index in [2.05, 4.69) is 15.0 Å². The van der Waals surface area contributed by atoms with Gasteiger partial charge in [-0.1, -0.05) is 0 Å². The van der Waals surface area contributed by atoms with Crippen molar-refractivity contribution in [2.45, 2.75) is 24.5 Å². The van der Waals surface area contributed by atoms with Crippen LogP contribution in [-0.4, -0.2) is 59.8 Å². The van der Waals surface area contributed by atoms with Gasteiger partial charge in [-0.3, -0.25) is 4.57 Å². The predicted molar refractivity (Wildman–Crippen MR) is 58.3 cm³/mol. The van der Waals surface area contributed by atoms with Crippen molar-refractivity contribution in [2.75, 3.05) is 6.61 Å². The maximum absolute atomic E-state index is 9.91. The summed E-state index contributed by atoms with van der Waals surface area (Å²) >= 11 is 0. The fourth-order valence-electron chi connectivity index (χ4n) is 2.08. The van der Waals surface area contributed by atoms with Crippen LogP contribution in [-0.2, 0) is 4.74 Å². The molecule has 18 heavy (non-hydrogen) atoms. The van der Waals surface area contributed by atoms with Crippen LogP contribution in [0.25, 0.3) is 11.2 Å². The molecule has 2 aromatic heterocycles. The number of aliphatic hydroxyl groups is 3. The van der Waals surface area contributed by atoms with Crippen LogP contribution in [0.3, 0.4) is 0 Å². The maximum Gasteiger partial charge on any atom is 0.165 e. The van der Waals surface area contributed by atoms with Gasteiger partial charge in [0.25, 0.3) is 0 Å². The average Bonchev–Trinajstić information content (AvgIpc) is 2.93. The number of imidazole rings is 1. The van der Waals surface area contributed by atoms with Gasteiger partial charge in [0.05, 0.1) is 19.1 Å². The summed E-state index contributed by atoms with van der Waals surface area (Å²) in [7, 11) is 0. The van der Waals surface area contributed by atoms with Crippen molar-refractivity contribution >= 4 is 11.2 Å². The molecule has 1 saturated heterocycles. The summed E-state index contributed by atoms with van der Waals surface area (Å²) in [5.74, 6) is 0. The third-order valence-corrected chi connectivity index (χ3v) is 3.03. The molecule has 0 spiro atoms. The van der Waals surface area contributed by atoms with Crippen molar-refractivity contribution in [1.82, 2.24) is 19.5 Å². The molecule has 1 aliphatic heterocycles. The minimum absolute atomic E-state index is 0.365. The SMILES string of the molecule is OC[C@@H]1O[C@@H](n2cnc3cncnc32)[C@H](O)[C@@H]1O. The molecule has 0 bridgehead atoms. The average molecular weight is 252 g/mol. The lowest BCUT2D eigenvalue weighted by Crippen LogP contribution is -2.33. The van der Waals surface area contributed by atoms with Crippen LogP contribution in [0.5, 0.6) is 0 Å². The molecule has 3 heterocycles. The van der Waals surface area contributed by atoms with Crippen LogP contribution in [0.15, 0.2) is 18.9 Å². The Labute approximate surface area is 102 Å². The molecular weight excluding hydrogens is 240 g/mol. The zero-order chi connectivity index (χ0) is 12.7. The lowest BCUT2D eigenvalue weighted by molar-refractivity contribution is -0.0511. The summed E-state index contributed by atoms with van der Waals surface area (Å²) < 4.78 is 6.91. The quantitative estimate of drug-likeness (QED) is 0.592. The van der Waals surface area contributed by atoms with E-state index < -0.39 is 24.5 Å². The second kappa shape index (κ2) is 4.25. The number of aromatic nitrogens is 4. The standard InChI is InChI=1S/C10H12N4O4/c15-2-6-7(16)8(17)10(18-6)14-4-13-5-1-11-3-12-9(5)14/h1,3-4,6-8,10,15-17H,2H2/t6-,7+,8+,10+/m0/s1. The van der Waals surface area contributed by atoms with Crippen LogP contribution < -0.4 is 0 Å². The van der Waals surface area contributed by atoms with Crippen molar-refractivity contribution in [1.29, 1.82) is 0 Å². The molecule has 4 atom stereocenters. The monoisotopic (exact) mass is 252 g/mol. The van der Waals surface area contributed by atoms with E-state index >= 15 is 0 Å². The molecule has 2 aromatic rings. The highest BCUT2D eigenvalue weighted by Crippen LogP contribution is 2.30. The first-order valence-corrected chi connectivity index (χ1v) is 5.47. The van der Waals surface area contributed by atoms with Gasteiger partial charge in [-0.2, -0.15) is 0 Å². The Balaban J connectivity index is 2.00. The largest absolute Gasteiger partial charge is 0.394 e. The molecule has 8 heteroatoms. The van der Waals surface area contributed by atoms with Gasteiger partial charge in [-0.15, -0.1) is 0 Å². The predicted octanol–water partition coefficient (Wildman–Crippen LogP) is -1.56. The molecule has 1 aliphatic rings. The first kappa shape index (κ1) is 11.5. The van der Waals surface area contributed by atoms with E-state index in [0.717, 1.165) is 0 Å². The molecule has 0 unspecified atom stereocenters. The Morgan fingerprint density at radius 3 is 2.83 bits per heavy atom. The van der Waals surface area contributed by atoms with Gasteiger partial charge in [-0.05, 0) is 0 Å². The van der Waals surface area contributed by atoms with Crippen molar-refractivity contribution in [3.8, 4) is 0 Å². The second-order valence-electron chi connectivity index (χ2n) is 4.11. The van der Waals surface area contributed by atoms with Crippen molar-refractivity contribution in [2.24, 2.45) is 0 Å². The molecule has 0 aromatic carbocycles. The fraction of sp³-hybridized carbons (Fsp3) is 0.500. The minimum atomic E-state index is -1.14. The maximum atomic E-state index is 9.91. The van der Waals surface area contributed by atoms with Gasteiger partial charge in [0.2, 0.25) is 0 Å². The van der Waals surface area contributed by atoms with Crippen LogP contribution in [0.1, 0.15) is 6.23 Å². The molecule has 1 fully saturated rings. The van der Waals surface area contributed by atoms with E-state index in [9.17, 15) is 10.2 Å². The number of aliphatic hydroxyl groups excluding tert-OH is 3. The van der Waals surface area contributed by atoms with E-state index in [0.29, 0.717) is 11.2 Å². The zero-order valence-corrected chi connectivity index (χ0v) is 9.29. The molecule has 0 amide bonds. The molecule has 3 N–H and O–H groups in total. The summed E-state index contributed by atoms with van der Waals surface area (Å²) in [5, 5.41) is 28.6. The van der Waals surface area contributed by atoms with E-state index in [1.165, 1.54) is 17.2 Å². The van der Waals surface area contributed by atoms with E-state index in [4.69, 9.17) is 9.84 Å². The molecule has 3 rings (SSSR count). The smallest absolute Gasteiger partial charge is 0.165 e. The number of hydrogen-bond acceptors (Lipinski definition) is 7. The first-order valence-electron chi connectivity index (χ1n) is 5.47. The Morgan fingerprint density at radius 2 is 2.11 bits per heavy atom. The third kappa shape index (κ3) is 1.58. The molecule has 0 saturated carbocycles. The van der Waals surface area contributed by atoms with E-state index in [1.807, 2.05) is 0 Å². The van der Waals surface area contributed by atoms with E-state index in [1.54, 1.807) is 6.20 Å². The van der Waals surface area contributed by atoms with Crippen molar-refractivity contribution < 1.29 is 20.1 Å². The summed E-state index contributed by atoms with van der Waals surface area (Å²) in [6, 6.07) is 0. The van der Waals surface area contributed by atoms with Crippen LogP contribution in [0, 0.1) is 0 Å². The number of hydrogen-bond donors (Lipinski definition) is 3. The van der Waals surface area contributed by atoms with Crippen LogP contribution >= 0.6 is 0 Å². The lowest BCUT2D eigenvalue weighted by atomic mass is 10.1. The topological polar surface area (TPSA) is 114 Å². The van der Waals surface area contributed by atoms with E-state index in [-0.39, 0.29) is 6.61 Å². The highest BCUT2D eigenvalue weighted by Gasteiger charge is 2.43. The van der Waals surface area contributed by atoms with Crippen LogP contribution in [0.4, 0.5) is 0 Å². The highest BCUT2D eigenvalue weighted by molar-refractivity contribution is 5.68. The van der Waals surface area contributed by atoms with Gasteiger partial charge in [0, 0.05) is 0 Å². The highest BCUT2D eigenvalue weighted by atomic mass is 16.6. The number of fused-ring (bicyclic) bond motifs is 1. The summed E-state index contributed by atoms with van der Waals surface area (Å²) in [6.45, 7) is -0.365. The Kier molecular flexibility index (Phi) is 2.71. The van der Waals surface area contributed by atoms with Gasteiger partial charge >= 0.3 is 0 Å². The van der Waals surface area contributed by atoms with Gasteiger partial charge < -0.3 is 20.1 Å². The van der Waals surface area contributed by atoms with Crippen molar-refractivity contribution in [3.63, 3.8) is 0 Å². The number of nitrogens with zero attached hydrogens (tertiary/aromatic N) is 4. The molecule has 8 nitrogen and oxygen atoms in total. The Bertz CT molecular complexity index is 560. The normalized spacial score (nSPS) is 32.2. The third-order valence-electron chi connectivity index (χ3n) is 3.03. The first-order chi connectivity index (χ1) is 8.72. The second-order valence-corrected chi connectivity index (χ2v) is 4.11. The Hall–Kier alpha value is -1.61. The molecule has 0 aliphatic carbocycles. The molecule has 96 valence electrons. The van der Waals surface area contributed by atoms with Crippen molar-refractivity contribution in [3.05, 3.63) is 18.9 Å². The minimum Gasteiger partial charge on any atom is -0.394 e. The summed E-state index contributed by atoms with van der Waals surface area (Å²) in [6.07, 6.45) is 0.442. The van der Waals surface area contributed by atoms with Gasteiger partial charge in [-0.25, -0.2) is 15.0 Å². The summed E-state index contributed by atoms with van der Waals surface area (Å²) in [5.41, 5.74) is 1.06. The van der Waals surface area contributed by atoms with Gasteiger partial charge in [0.1, 0.15) is 30.2 Å². The molecule has 0 radical (unpaired) electrons. The fourth-order valence-corrected chi connectivity index (χ4v) is 2.08. The van der Waals surface area contributed by atoms with Gasteiger partial charge in [0.15, 0.2) is 11.9 Å². The van der Waals surface area contributed by atoms with Crippen LogP contribution in [0.2, 0.25) is 0 Å². The zero-order valence-electron chi connectivity index (χ0n) is 9.29. The Morgan fingerprint density at radius 1 is 1.28 bits per heavy atom. The molecular formula is C10H12N4O4. The summed E-state index contributed by atoms with van der Waals surface area (Å²) in [4.78, 5) is 12.0. The number of ether oxygens (including phenoxy) is 1.